The number of anilines is 1. The number of aromatic nitrogens is 6. The lowest BCUT2D eigenvalue weighted by Gasteiger charge is -2.09. The van der Waals surface area contributed by atoms with Crippen LogP contribution in [0.15, 0.2) is 54.7 Å². The Bertz CT molecular complexity index is 1240. The van der Waals surface area contributed by atoms with Gasteiger partial charge in [-0.2, -0.15) is 5.10 Å². The van der Waals surface area contributed by atoms with Crippen molar-refractivity contribution >= 4 is 11.6 Å². The highest BCUT2D eigenvalue weighted by atomic mass is 19.1. The van der Waals surface area contributed by atoms with E-state index in [0.29, 0.717) is 34.5 Å². The fraction of sp³-hybridized carbons (Fsp3) is 0.190. The molecule has 1 fully saturated rings. The lowest BCUT2D eigenvalue weighted by atomic mass is 10.1. The van der Waals surface area contributed by atoms with Crippen molar-refractivity contribution in [1.29, 1.82) is 0 Å². The van der Waals surface area contributed by atoms with E-state index >= 15 is 0 Å². The summed E-state index contributed by atoms with van der Waals surface area (Å²) < 4.78 is 17.3. The molecule has 30 heavy (non-hydrogen) atoms. The van der Waals surface area contributed by atoms with Gasteiger partial charge in [0.05, 0.1) is 23.5 Å². The number of hydrogen-bond donors (Lipinski definition) is 1. The Morgan fingerprint density at radius 2 is 2.00 bits per heavy atom. The van der Waals surface area contributed by atoms with Crippen LogP contribution in [-0.4, -0.2) is 35.9 Å². The molecule has 1 amide bonds. The Morgan fingerprint density at radius 3 is 2.80 bits per heavy atom. The summed E-state index contributed by atoms with van der Waals surface area (Å²) in [6.45, 7) is 1.73. The molecule has 0 unspecified atom stereocenters. The molecular weight excluding hydrogens is 385 g/mol. The monoisotopic (exact) mass is 403 g/mol. The number of nitrogens with one attached hydrogen (secondary N) is 1. The minimum absolute atomic E-state index is 0.294. The number of amides is 1. The van der Waals surface area contributed by atoms with Crippen molar-refractivity contribution in [2.24, 2.45) is 0 Å². The number of para-hydroxylation sites is 1. The average Bonchev–Trinajstić information content (AvgIpc) is 3.34. The molecule has 8 nitrogen and oxygen atoms in total. The van der Waals surface area contributed by atoms with Crippen LogP contribution in [0.2, 0.25) is 0 Å². The fourth-order valence-electron chi connectivity index (χ4n) is 3.38. The molecule has 2 heterocycles. The lowest BCUT2D eigenvalue weighted by molar-refractivity contribution is 0.102. The Hall–Kier alpha value is -3.88. The second-order valence-electron chi connectivity index (χ2n) is 7.22. The van der Waals surface area contributed by atoms with Crippen molar-refractivity contribution < 1.29 is 9.18 Å². The summed E-state index contributed by atoms with van der Waals surface area (Å²) in [6.07, 6.45) is 3.58. The van der Waals surface area contributed by atoms with Gasteiger partial charge in [0.1, 0.15) is 11.5 Å². The summed E-state index contributed by atoms with van der Waals surface area (Å²) in [5, 5.41) is 19.1. The largest absolute Gasteiger partial charge is 0.322 e. The zero-order valence-corrected chi connectivity index (χ0v) is 16.2. The summed E-state index contributed by atoms with van der Waals surface area (Å²) in [5.74, 6) is -0.0529. The number of rotatable bonds is 5. The standard InChI is InChI=1S/C21H18FN7O/c1-13-17(12-23-28(13)19-8-3-2-7-18(19)22)21(30)24-15-6-4-5-14(11-15)20-25-26-27-29(20)16-9-10-16/h2-8,11-12,16H,9-10H2,1H3,(H,24,30). The maximum Gasteiger partial charge on any atom is 0.259 e. The fourth-order valence-corrected chi connectivity index (χ4v) is 3.38. The molecule has 2 aromatic heterocycles. The highest BCUT2D eigenvalue weighted by Gasteiger charge is 2.28. The summed E-state index contributed by atoms with van der Waals surface area (Å²) >= 11 is 0. The van der Waals surface area contributed by atoms with Gasteiger partial charge in [-0.1, -0.05) is 24.3 Å². The number of nitrogens with zero attached hydrogens (tertiary/aromatic N) is 6. The second kappa shape index (κ2) is 7.18. The quantitative estimate of drug-likeness (QED) is 0.550. The molecule has 1 saturated carbocycles. The molecule has 5 rings (SSSR count). The maximum atomic E-state index is 14.1. The molecule has 1 aliphatic carbocycles. The van der Waals surface area contributed by atoms with Crippen molar-refractivity contribution in [1.82, 2.24) is 30.0 Å². The van der Waals surface area contributed by atoms with Crippen molar-refractivity contribution in [3.8, 4) is 17.1 Å². The summed E-state index contributed by atoms with van der Waals surface area (Å²) in [7, 11) is 0. The van der Waals surface area contributed by atoms with E-state index in [1.54, 1.807) is 31.2 Å². The molecule has 1 N–H and O–H groups in total. The predicted molar refractivity (Wildman–Crippen MR) is 108 cm³/mol. The molecule has 1 aliphatic rings. The smallest absolute Gasteiger partial charge is 0.259 e. The van der Waals surface area contributed by atoms with Crippen LogP contribution < -0.4 is 5.32 Å². The van der Waals surface area contributed by atoms with E-state index in [1.165, 1.54) is 16.9 Å². The van der Waals surface area contributed by atoms with E-state index in [4.69, 9.17) is 0 Å². The van der Waals surface area contributed by atoms with Gasteiger partial charge >= 0.3 is 0 Å². The lowest BCUT2D eigenvalue weighted by Crippen LogP contribution is -2.13. The highest BCUT2D eigenvalue weighted by Crippen LogP contribution is 2.36. The van der Waals surface area contributed by atoms with Crippen LogP contribution in [0.3, 0.4) is 0 Å². The van der Waals surface area contributed by atoms with Gasteiger partial charge in [-0.25, -0.2) is 13.8 Å². The number of hydrogen-bond acceptors (Lipinski definition) is 5. The summed E-state index contributed by atoms with van der Waals surface area (Å²) in [5.41, 5.74) is 2.64. The van der Waals surface area contributed by atoms with Gasteiger partial charge in [-0.05, 0) is 54.5 Å². The second-order valence-corrected chi connectivity index (χ2v) is 7.22. The number of tetrazole rings is 1. The number of halogens is 1. The minimum atomic E-state index is -0.406. The first-order valence-corrected chi connectivity index (χ1v) is 9.61. The van der Waals surface area contributed by atoms with Gasteiger partial charge in [-0.3, -0.25) is 4.79 Å². The average molecular weight is 403 g/mol. The van der Waals surface area contributed by atoms with Crippen molar-refractivity contribution in [2.75, 3.05) is 5.32 Å². The third-order valence-electron chi connectivity index (χ3n) is 5.10. The molecule has 4 aromatic rings. The highest BCUT2D eigenvalue weighted by molar-refractivity contribution is 6.05. The SMILES string of the molecule is Cc1c(C(=O)Nc2cccc(-c3nnnn3C3CC3)c2)cnn1-c1ccccc1F. The Morgan fingerprint density at radius 1 is 1.17 bits per heavy atom. The van der Waals surface area contributed by atoms with E-state index in [1.807, 2.05) is 22.9 Å². The van der Waals surface area contributed by atoms with Crippen LogP contribution in [0, 0.1) is 12.7 Å². The first-order valence-electron chi connectivity index (χ1n) is 9.61. The third kappa shape index (κ3) is 3.24. The van der Waals surface area contributed by atoms with Gasteiger partial charge in [0.15, 0.2) is 5.82 Å². The summed E-state index contributed by atoms with van der Waals surface area (Å²) in [4.78, 5) is 12.8. The molecule has 0 bridgehead atoms. The van der Waals surface area contributed by atoms with E-state index < -0.39 is 5.82 Å². The van der Waals surface area contributed by atoms with E-state index in [0.717, 1.165) is 18.4 Å². The molecule has 9 heteroatoms. The Labute approximate surface area is 171 Å². The molecule has 2 aromatic carbocycles. The Balaban J connectivity index is 1.40. The van der Waals surface area contributed by atoms with Crippen LogP contribution in [-0.2, 0) is 0 Å². The van der Waals surface area contributed by atoms with Crippen molar-refractivity contribution in [3.05, 3.63) is 71.8 Å². The van der Waals surface area contributed by atoms with Crippen LogP contribution in [0.25, 0.3) is 17.1 Å². The van der Waals surface area contributed by atoms with Crippen LogP contribution in [0.1, 0.15) is 34.9 Å². The van der Waals surface area contributed by atoms with Crippen molar-refractivity contribution in [3.63, 3.8) is 0 Å². The molecule has 0 atom stereocenters. The van der Waals surface area contributed by atoms with Crippen LogP contribution in [0.5, 0.6) is 0 Å². The van der Waals surface area contributed by atoms with Gasteiger partial charge in [-0.15, -0.1) is 5.10 Å². The maximum absolute atomic E-state index is 14.1. The number of carbonyl (C=O) groups is 1. The van der Waals surface area contributed by atoms with Crippen molar-refractivity contribution in [2.45, 2.75) is 25.8 Å². The molecule has 0 radical (unpaired) electrons. The van der Waals surface area contributed by atoms with E-state index in [-0.39, 0.29) is 5.91 Å². The first kappa shape index (κ1) is 18.2. The first-order chi connectivity index (χ1) is 14.6. The Kier molecular flexibility index (Phi) is 4.35. The molecule has 0 spiro atoms. The zero-order chi connectivity index (χ0) is 20.7. The summed E-state index contributed by atoms with van der Waals surface area (Å²) in [6, 6.07) is 14.0. The van der Waals surface area contributed by atoms with Gasteiger partial charge < -0.3 is 5.32 Å². The van der Waals surface area contributed by atoms with Crippen LogP contribution in [0.4, 0.5) is 10.1 Å². The molecule has 150 valence electrons. The molecular formula is C21H18FN7O. The minimum Gasteiger partial charge on any atom is -0.322 e. The van der Waals surface area contributed by atoms with Gasteiger partial charge in [0.2, 0.25) is 0 Å². The predicted octanol–water partition coefficient (Wildman–Crippen LogP) is 3.56. The van der Waals surface area contributed by atoms with Gasteiger partial charge in [0, 0.05) is 11.3 Å². The van der Waals surface area contributed by atoms with Crippen LogP contribution >= 0.6 is 0 Å². The molecule has 0 aliphatic heterocycles. The number of benzene rings is 2. The topological polar surface area (TPSA) is 90.5 Å². The zero-order valence-electron chi connectivity index (χ0n) is 16.2. The van der Waals surface area contributed by atoms with E-state index in [9.17, 15) is 9.18 Å². The normalized spacial score (nSPS) is 13.4. The van der Waals surface area contributed by atoms with E-state index in [2.05, 4.69) is 25.9 Å². The molecule has 0 saturated heterocycles. The third-order valence-corrected chi connectivity index (χ3v) is 5.10. The number of carbonyl (C=O) groups excluding carboxylic acids is 1. The van der Waals surface area contributed by atoms with Gasteiger partial charge in [0.25, 0.3) is 5.91 Å².